The Kier molecular flexibility index (Phi) is 1.80. The summed E-state index contributed by atoms with van der Waals surface area (Å²) in [5.74, 6) is -2.47. The van der Waals surface area contributed by atoms with E-state index in [2.05, 4.69) is 0 Å². The molecule has 1 aliphatic rings. The second-order valence-corrected chi connectivity index (χ2v) is 3.55. The van der Waals surface area contributed by atoms with Crippen molar-refractivity contribution in [3.8, 4) is 0 Å². The number of carboxylic acids is 1. The smallest absolute Gasteiger partial charge is 0.314 e. The van der Waals surface area contributed by atoms with Crippen molar-refractivity contribution in [3.05, 3.63) is 35.4 Å². The minimum Gasteiger partial charge on any atom is -0.481 e. The molecule has 2 rings (SSSR count). The van der Waals surface area contributed by atoms with Crippen molar-refractivity contribution in [1.29, 1.82) is 0 Å². The molecule has 0 heterocycles. The predicted octanol–water partition coefficient (Wildman–Crippen LogP) is 2.08. The Bertz CT molecular complexity index is 377. The summed E-state index contributed by atoms with van der Waals surface area (Å²) in [7, 11) is 0. The molecule has 1 aromatic carbocycles. The van der Waals surface area contributed by atoms with Crippen LogP contribution >= 0.6 is 0 Å². The maximum Gasteiger partial charge on any atom is 0.314 e. The lowest BCUT2D eigenvalue weighted by atomic mass is 9.96. The summed E-state index contributed by atoms with van der Waals surface area (Å²) in [5.41, 5.74) is -0.814. The summed E-state index contributed by atoms with van der Waals surface area (Å²) in [4.78, 5) is 10.9. The first-order valence-corrected chi connectivity index (χ1v) is 4.24. The Morgan fingerprint density at radius 2 is 1.71 bits per heavy atom. The van der Waals surface area contributed by atoms with Crippen LogP contribution in [0.3, 0.4) is 0 Å². The van der Waals surface area contributed by atoms with Gasteiger partial charge in [-0.1, -0.05) is 0 Å². The van der Waals surface area contributed by atoms with E-state index in [1.807, 2.05) is 0 Å². The Hall–Kier alpha value is -1.45. The molecule has 0 spiro atoms. The Morgan fingerprint density at radius 3 is 2.07 bits per heavy atom. The van der Waals surface area contributed by atoms with Crippen LogP contribution < -0.4 is 0 Å². The van der Waals surface area contributed by atoms with Crippen molar-refractivity contribution in [2.45, 2.75) is 18.3 Å². The number of carbonyl (C=O) groups is 1. The molecule has 0 amide bonds. The summed E-state index contributed by atoms with van der Waals surface area (Å²) in [6, 6.07) is 2.91. The third-order valence-electron chi connectivity index (χ3n) is 2.57. The second kappa shape index (κ2) is 2.77. The van der Waals surface area contributed by atoms with Crippen molar-refractivity contribution in [2.24, 2.45) is 0 Å². The van der Waals surface area contributed by atoms with Gasteiger partial charge in [0.25, 0.3) is 0 Å². The van der Waals surface area contributed by atoms with Gasteiger partial charge in [0.1, 0.15) is 11.6 Å². The Morgan fingerprint density at radius 1 is 1.21 bits per heavy atom. The van der Waals surface area contributed by atoms with Gasteiger partial charge < -0.3 is 5.11 Å². The lowest BCUT2D eigenvalue weighted by Crippen LogP contribution is -2.19. The van der Waals surface area contributed by atoms with Gasteiger partial charge in [-0.15, -0.1) is 0 Å². The van der Waals surface area contributed by atoms with E-state index in [4.69, 9.17) is 5.11 Å². The zero-order chi connectivity index (χ0) is 10.3. The van der Waals surface area contributed by atoms with Crippen LogP contribution in [0, 0.1) is 11.6 Å². The molecule has 0 saturated heterocycles. The number of rotatable bonds is 2. The fraction of sp³-hybridized carbons (Fsp3) is 0.300. The van der Waals surface area contributed by atoms with E-state index in [0.717, 1.165) is 18.2 Å². The molecule has 74 valence electrons. The molecule has 1 saturated carbocycles. The molecule has 2 nitrogen and oxygen atoms in total. The summed E-state index contributed by atoms with van der Waals surface area (Å²) in [5, 5.41) is 8.89. The molecule has 0 radical (unpaired) electrons. The highest BCUT2D eigenvalue weighted by molar-refractivity contribution is 5.84. The van der Waals surface area contributed by atoms with Gasteiger partial charge in [0.05, 0.1) is 5.41 Å². The standard InChI is InChI=1S/C10H8F2O2/c11-7-3-6(4-8(12)5-7)10(1-2-10)9(13)14/h3-5H,1-2H2,(H,13,14). The van der Waals surface area contributed by atoms with Gasteiger partial charge in [-0.05, 0) is 30.5 Å². The van der Waals surface area contributed by atoms with Crippen LogP contribution in [0.5, 0.6) is 0 Å². The number of hydrogen-bond acceptors (Lipinski definition) is 1. The normalized spacial score (nSPS) is 17.9. The minimum absolute atomic E-state index is 0.225. The molecule has 1 N–H and O–H groups in total. The van der Waals surface area contributed by atoms with E-state index in [9.17, 15) is 13.6 Å². The fourth-order valence-corrected chi connectivity index (χ4v) is 1.58. The van der Waals surface area contributed by atoms with Crippen LogP contribution in [0.25, 0.3) is 0 Å². The SMILES string of the molecule is O=C(O)C1(c2cc(F)cc(F)c2)CC1. The molecule has 0 aromatic heterocycles. The molecule has 0 aliphatic heterocycles. The van der Waals surface area contributed by atoms with Crippen LogP contribution in [0.1, 0.15) is 18.4 Å². The monoisotopic (exact) mass is 198 g/mol. The number of carboxylic acid groups (broad SMARTS) is 1. The van der Waals surface area contributed by atoms with Gasteiger partial charge in [-0.3, -0.25) is 4.79 Å². The third-order valence-corrected chi connectivity index (χ3v) is 2.57. The first-order chi connectivity index (χ1) is 6.54. The summed E-state index contributed by atoms with van der Waals surface area (Å²) >= 11 is 0. The van der Waals surface area contributed by atoms with Crippen molar-refractivity contribution in [3.63, 3.8) is 0 Å². The highest BCUT2D eigenvalue weighted by atomic mass is 19.1. The average Bonchev–Trinajstić information content (AvgIpc) is 2.81. The van der Waals surface area contributed by atoms with Gasteiger partial charge in [-0.25, -0.2) is 8.78 Å². The van der Waals surface area contributed by atoms with Gasteiger partial charge in [-0.2, -0.15) is 0 Å². The van der Waals surface area contributed by atoms with E-state index in [0.29, 0.717) is 12.8 Å². The number of halogens is 2. The van der Waals surface area contributed by atoms with Crippen LogP contribution in [0.15, 0.2) is 18.2 Å². The predicted molar refractivity (Wildman–Crippen MR) is 44.9 cm³/mol. The number of hydrogen-bond donors (Lipinski definition) is 1. The quantitative estimate of drug-likeness (QED) is 0.789. The molecule has 1 aliphatic carbocycles. The summed E-state index contributed by atoms with van der Waals surface area (Å²) in [6.45, 7) is 0. The van der Waals surface area contributed by atoms with Crippen LogP contribution in [-0.4, -0.2) is 11.1 Å². The molecular weight excluding hydrogens is 190 g/mol. The average molecular weight is 198 g/mol. The lowest BCUT2D eigenvalue weighted by molar-refractivity contribution is -0.140. The van der Waals surface area contributed by atoms with Crippen molar-refractivity contribution < 1.29 is 18.7 Å². The molecule has 1 fully saturated rings. The van der Waals surface area contributed by atoms with E-state index in [1.165, 1.54) is 0 Å². The van der Waals surface area contributed by atoms with Crippen molar-refractivity contribution >= 4 is 5.97 Å². The van der Waals surface area contributed by atoms with Crippen LogP contribution in [0.2, 0.25) is 0 Å². The van der Waals surface area contributed by atoms with E-state index in [-0.39, 0.29) is 5.56 Å². The molecule has 4 heteroatoms. The maximum absolute atomic E-state index is 12.8. The molecule has 0 atom stereocenters. The highest BCUT2D eigenvalue weighted by Gasteiger charge is 2.52. The van der Waals surface area contributed by atoms with E-state index in [1.54, 1.807) is 0 Å². The zero-order valence-electron chi connectivity index (χ0n) is 7.26. The fourth-order valence-electron chi connectivity index (χ4n) is 1.58. The van der Waals surface area contributed by atoms with Crippen LogP contribution in [0.4, 0.5) is 8.78 Å². The van der Waals surface area contributed by atoms with Crippen molar-refractivity contribution in [2.75, 3.05) is 0 Å². The highest BCUT2D eigenvalue weighted by Crippen LogP contribution is 2.48. The Balaban J connectivity index is 2.47. The lowest BCUT2D eigenvalue weighted by Gasteiger charge is -2.09. The van der Waals surface area contributed by atoms with Crippen molar-refractivity contribution in [1.82, 2.24) is 0 Å². The minimum atomic E-state index is -1.04. The molecule has 0 unspecified atom stereocenters. The maximum atomic E-state index is 12.8. The van der Waals surface area contributed by atoms with Gasteiger partial charge in [0.2, 0.25) is 0 Å². The molecule has 14 heavy (non-hydrogen) atoms. The first kappa shape index (κ1) is 9.12. The number of aliphatic carboxylic acids is 1. The first-order valence-electron chi connectivity index (χ1n) is 4.24. The summed E-state index contributed by atoms with van der Waals surface area (Å²) in [6.07, 6.45) is 0.899. The topological polar surface area (TPSA) is 37.3 Å². The third kappa shape index (κ3) is 1.27. The largest absolute Gasteiger partial charge is 0.481 e. The van der Waals surface area contributed by atoms with Gasteiger partial charge >= 0.3 is 5.97 Å². The van der Waals surface area contributed by atoms with E-state index >= 15 is 0 Å². The second-order valence-electron chi connectivity index (χ2n) is 3.55. The summed E-state index contributed by atoms with van der Waals surface area (Å²) < 4.78 is 25.6. The molecule has 1 aromatic rings. The number of benzene rings is 1. The Labute approximate surface area is 79.2 Å². The molecule has 0 bridgehead atoms. The van der Waals surface area contributed by atoms with Gasteiger partial charge in [0.15, 0.2) is 0 Å². The van der Waals surface area contributed by atoms with E-state index < -0.39 is 23.0 Å². The van der Waals surface area contributed by atoms with Crippen LogP contribution in [-0.2, 0) is 10.2 Å². The van der Waals surface area contributed by atoms with Gasteiger partial charge in [0, 0.05) is 6.07 Å². The molecular formula is C10H8F2O2. The zero-order valence-corrected chi connectivity index (χ0v) is 7.26.